The summed E-state index contributed by atoms with van der Waals surface area (Å²) in [4.78, 5) is 60.5. The number of aromatic amines is 1. The minimum Gasteiger partial charge on any atom is -0.387 e. The summed E-state index contributed by atoms with van der Waals surface area (Å²) in [6.07, 6.45) is -4.45. The molecule has 0 saturated carbocycles. The zero-order chi connectivity index (χ0) is 22.9. The Morgan fingerprint density at radius 2 is 1.77 bits per heavy atom. The Bertz CT molecular complexity index is 1010. The van der Waals surface area contributed by atoms with E-state index in [0.717, 1.165) is 23.9 Å². The van der Waals surface area contributed by atoms with E-state index >= 15 is 0 Å². The number of nitrogens with zero attached hydrogens (tertiary/aromatic N) is 1. The number of phosphoric ester groups is 1. The van der Waals surface area contributed by atoms with Crippen LogP contribution in [0.3, 0.4) is 0 Å². The quantitative estimate of drug-likeness (QED) is 0.204. The molecule has 0 bridgehead atoms. The summed E-state index contributed by atoms with van der Waals surface area (Å²) >= 11 is 0. The molecule has 20 heteroatoms. The molecule has 172 valence electrons. The molecule has 6 atom stereocenters. The van der Waals surface area contributed by atoms with Crippen LogP contribution in [-0.4, -0.2) is 66.3 Å². The lowest BCUT2D eigenvalue weighted by Gasteiger charge is -2.20. The molecule has 30 heavy (non-hydrogen) atoms. The summed E-state index contributed by atoms with van der Waals surface area (Å²) in [5, 5.41) is 10.2. The highest BCUT2D eigenvalue weighted by Gasteiger charge is 2.47. The molecule has 2 rings (SSSR count). The monoisotopic (exact) mass is 498 g/mol. The maximum absolute atomic E-state index is 11.9. The van der Waals surface area contributed by atoms with E-state index in [1.807, 2.05) is 4.98 Å². The Hall–Kier alpha value is -1.03. The van der Waals surface area contributed by atoms with Crippen LogP contribution in [0.25, 0.3) is 0 Å². The first-order valence-corrected chi connectivity index (χ1v) is 12.1. The number of aliphatic hydroxyl groups is 1. The maximum atomic E-state index is 11.9. The number of rotatable bonds is 9. The van der Waals surface area contributed by atoms with Crippen LogP contribution in [0, 0.1) is 0 Å². The maximum Gasteiger partial charge on any atom is 0.490 e. The first-order chi connectivity index (χ1) is 13.6. The van der Waals surface area contributed by atoms with E-state index in [1.54, 1.807) is 0 Å². The van der Waals surface area contributed by atoms with Crippen LogP contribution >= 0.6 is 23.5 Å². The predicted molar refractivity (Wildman–Crippen MR) is 91.9 cm³/mol. The second-order valence-electron chi connectivity index (χ2n) is 5.66. The van der Waals surface area contributed by atoms with Gasteiger partial charge in [-0.05, 0) is 0 Å². The highest BCUT2D eigenvalue weighted by Crippen LogP contribution is 2.66. The third-order valence-electron chi connectivity index (χ3n) is 3.53. The van der Waals surface area contributed by atoms with Crippen molar-refractivity contribution in [3.63, 3.8) is 0 Å². The molecular formula is C10H17N2O15P3. The van der Waals surface area contributed by atoms with Gasteiger partial charge in [0.15, 0.2) is 6.23 Å². The molecule has 0 aliphatic carbocycles. The van der Waals surface area contributed by atoms with Crippen molar-refractivity contribution >= 4 is 23.5 Å². The Morgan fingerprint density at radius 1 is 1.13 bits per heavy atom. The lowest BCUT2D eigenvalue weighted by atomic mass is 10.1. The van der Waals surface area contributed by atoms with Gasteiger partial charge in [0.25, 0.3) is 5.56 Å². The topological polar surface area (TPSA) is 253 Å². The lowest BCUT2D eigenvalue weighted by molar-refractivity contribution is -0.0619. The standard InChI is InChI=1S/C10H17N2O15P3/c1-23-8-7(14)5(25-9(8)12-3-2-6(13)11-10(12)15)4-24-29(19,20)27-30(21,22)26-28(16,17)18/h2-3,5,7-9,14H,4H2,1H3,(H,19,20)(H,21,22)(H,11,13,15)(H2,16,17,18)/t5-,7?,8+,9-/m1/s1. The van der Waals surface area contributed by atoms with E-state index in [9.17, 15) is 33.3 Å². The molecule has 6 N–H and O–H groups in total. The van der Waals surface area contributed by atoms with Gasteiger partial charge in [0, 0.05) is 19.4 Å². The van der Waals surface area contributed by atoms with E-state index in [2.05, 4.69) is 13.1 Å². The molecule has 17 nitrogen and oxygen atoms in total. The van der Waals surface area contributed by atoms with E-state index in [0.29, 0.717) is 0 Å². The molecule has 3 unspecified atom stereocenters. The number of ether oxygens (including phenoxy) is 2. The van der Waals surface area contributed by atoms with Gasteiger partial charge in [-0.1, -0.05) is 0 Å². The number of hydrogen-bond acceptors (Lipinski definition) is 11. The van der Waals surface area contributed by atoms with Crippen LogP contribution in [0.1, 0.15) is 6.23 Å². The van der Waals surface area contributed by atoms with Crippen molar-refractivity contribution in [2.45, 2.75) is 24.5 Å². The lowest BCUT2D eigenvalue weighted by Crippen LogP contribution is -2.38. The molecule has 0 aromatic carbocycles. The summed E-state index contributed by atoms with van der Waals surface area (Å²) in [6, 6.07) is 0.989. The Balaban J connectivity index is 2.10. The van der Waals surface area contributed by atoms with Gasteiger partial charge in [-0.15, -0.1) is 0 Å². The Kier molecular flexibility index (Phi) is 7.76. The molecule has 0 spiro atoms. The first kappa shape index (κ1) is 25.2. The average molecular weight is 498 g/mol. The summed E-state index contributed by atoms with van der Waals surface area (Å²) in [5.41, 5.74) is -1.61. The summed E-state index contributed by atoms with van der Waals surface area (Å²) in [6.45, 7) is -0.959. The van der Waals surface area contributed by atoms with Crippen molar-refractivity contribution in [3.8, 4) is 0 Å². The summed E-state index contributed by atoms with van der Waals surface area (Å²) < 4.78 is 56.4. The van der Waals surface area contributed by atoms with Crippen LogP contribution in [0.5, 0.6) is 0 Å². The van der Waals surface area contributed by atoms with Gasteiger partial charge >= 0.3 is 29.2 Å². The highest BCUT2D eigenvalue weighted by molar-refractivity contribution is 7.66. The summed E-state index contributed by atoms with van der Waals surface area (Å²) in [5.74, 6) is 0. The van der Waals surface area contributed by atoms with Crippen molar-refractivity contribution in [3.05, 3.63) is 33.1 Å². The fraction of sp³-hybridized carbons (Fsp3) is 0.600. The van der Waals surface area contributed by atoms with Gasteiger partial charge in [0.1, 0.15) is 18.3 Å². The third-order valence-corrected chi connectivity index (χ3v) is 7.33. The number of aliphatic hydroxyl groups excluding tert-OH is 1. The minimum absolute atomic E-state index is 0.701. The molecule has 1 aliphatic heterocycles. The second kappa shape index (κ2) is 9.22. The van der Waals surface area contributed by atoms with Crippen LogP contribution in [-0.2, 0) is 36.3 Å². The van der Waals surface area contributed by atoms with Gasteiger partial charge in [-0.3, -0.25) is 18.9 Å². The van der Waals surface area contributed by atoms with E-state index in [-0.39, 0.29) is 0 Å². The first-order valence-electron chi connectivity index (χ1n) is 7.60. The number of hydrogen-bond donors (Lipinski definition) is 6. The molecule has 1 saturated heterocycles. The SMILES string of the molecule is CO[C@H]1C(O)[C@@H](COP(=O)(O)OP(=O)(O)OP(=O)(O)O)O[C@H]1n1ccc(=O)[nH]c1=O. The van der Waals surface area contributed by atoms with Gasteiger partial charge in [-0.2, -0.15) is 8.62 Å². The van der Waals surface area contributed by atoms with Crippen LogP contribution in [0.2, 0.25) is 0 Å². The fourth-order valence-corrected chi connectivity index (χ4v) is 5.46. The number of nitrogens with one attached hydrogen (secondary N) is 1. The van der Waals surface area contributed by atoms with Gasteiger partial charge in [0.05, 0.1) is 6.61 Å². The minimum atomic E-state index is -5.71. The smallest absolute Gasteiger partial charge is 0.387 e. The second-order valence-corrected chi connectivity index (χ2v) is 10.1. The number of H-pyrrole nitrogens is 1. The van der Waals surface area contributed by atoms with E-state index < -0.39 is 65.9 Å². The van der Waals surface area contributed by atoms with Crippen molar-refractivity contribution in [1.29, 1.82) is 0 Å². The van der Waals surface area contributed by atoms with E-state index in [1.165, 1.54) is 0 Å². The zero-order valence-corrected chi connectivity index (χ0v) is 17.5. The average Bonchev–Trinajstić information content (AvgIpc) is 2.85. The predicted octanol–water partition coefficient (Wildman–Crippen LogP) is -1.85. The van der Waals surface area contributed by atoms with Crippen LogP contribution < -0.4 is 11.2 Å². The molecule has 1 aromatic heterocycles. The molecule has 1 aliphatic rings. The van der Waals surface area contributed by atoms with Crippen molar-refractivity contribution in [1.82, 2.24) is 9.55 Å². The van der Waals surface area contributed by atoms with Crippen molar-refractivity contribution < 1.29 is 61.0 Å². The molecular weight excluding hydrogens is 481 g/mol. The molecule has 0 amide bonds. The highest BCUT2D eigenvalue weighted by atomic mass is 31.3. The van der Waals surface area contributed by atoms with Crippen LogP contribution in [0.4, 0.5) is 0 Å². The van der Waals surface area contributed by atoms with Gasteiger partial charge in [-0.25, -0.2) is 18.5 Å². The summed E-state index contributed by atoms with van der Waals surface area (Å²) in [7, 11) is -15.5. The van der Waals surface area contributed by atoms with Gasteiger partial charge in [0.2, 0.25) is 0 Å². The largest absolute Gasteiger partial charge is 0.490 e. The zero-order valence-electron chi connectivity index (χ0n) is 14.8. The Morgan fingerprint density at radius 3 is 2.30 bits per heavy atom. The van der Waals surface area contributed by atoms with Gasteiger partial charge < -0.3 is 34.2 Å². The third kappa shape index (κ3) is 6.73. The molecule has 0 radical (unpaired) electrons. The molecule has 1 fully saturated rings. The fourth-order valence-electron chi connectivity index (χ4n) is 2.43. The number of phosphoric acid groups is 3. The van der Waals surface area contributed by atoms with Crippen molar-refractivity contribution in [2.75, 3.05) is 13.7 Å². The van der Waals surface area contributed by atoms with Crippen LogP contribution in [0.15, 0.2) is 21.9 Å². The number of methoxy groups -OCH3 is 1. The number of aromatic nitrogens is 2. The normalized spacial score (nSPS) is 28.7. The Labute approximate surface area is 166 Å². The molecule has 2 heterocycles. The molecule has 1 aromatic rings. The van der Waals surface area contributed by atoms with E-state index in [4.69, 9.17) is 24.2 Å². The van der Waals surface area contributed by atoms with Crippen molar-refractivity contribution in [2.24, 2.45) is 0 Å².